The van der Waals surface area contributed by atoms with Crippen molar-refractivity contribution in [2.75, 3.05) is 13.2 Å². The Hall–Kier alpha value is -1.36. The maximum Gasteiger partial charge on any atom is 0.323 e. The summed E-state index contributed by atoms with van der Waals surface area (Å²) in [6.45, 7) is 6.68. The molecule has 5 nitrogen and oxygen atoms in total. The summed E-state index contributed by atoms with van der Waals surface area (Å²) in [7, 11) is 0. The molecule has 0 radical (unpaired) electrons. The van der Waals surface area contributed by atoms with Crippen LogP contribution in [-0.2, 0) is 0 Å². The molecule has 0 atom stereocenters. The Bertz CT molecular complexity index is 361. The van der Waals surface area contributed by atoms with Crippen molar-refractivity contribution in [1.82, 2.24) is 15.0 Å². The highest BCUT2D eigenvalue weighted by molar-refractivity contribution is 6.28. The standard InChI is InChI=1S/C11H16ClN3O2/c1-3-5-6-8-17-11-14-9(12)13-10(15-11)16-7-4-2/h3H,1,4-8H2,2H3. The predicted octanol–water partition coefficient (Wildman–Crippen LogP) is 2.66. The smallest absolute Gasteiger partial charge is 0.323 e. The lowest BCUT2D eigenvalue weighted by Gasteiger charge is -2.06. The quantitative estimate of drug-likeness (QED) is 0.529. The van der Waals surface area contributed by atoms with Gasteiger partial charge in [-0.3, -0.25) is 0 Å². The zero-order valence-electron chi connectivity index (χ0n) is 9.86. The normalized spacial score (nSPS) is 10.0. The predicted molar refractivity (Wildman–Crippen MR) is 65.5 cm³/mol. The molecule has 94 valence electrons. The van der Waals surface area contributed by atoms with E-state index in [1.165, 1.54) is 0 Å². The first-order valence-corrected chi connectivity index (χ1v) is 5.92. The summed E-state index contributed by atoms with van der Waals surface area (Å²) in [5, 5.41) is 0.0739. The van der Waals surface area contributed by atoms with Gasteiger partial charge in [0.1, 0.15) is 0 Å². The van der Waals surface area contributed by atoms with Crippen LogP contribution in [0.2, 0.25) is 5.28 Å². The van der Waals surface area contributed by atoms with E-state index in [2.05, 4.69) is 21.5 Å². The molecule has 0 amide bonds. The van der Waals surface area contributed by atoms with E-state index in [9.17, 15) is 0 Å². The first-order valence-electron chi connectivity index (χ1n) is 5.54. The Morgan fingerprint density at radius 1 is 1.18 bits per heavy atom. The molecule has 0 aliphatic heterocycles. The number of allylic oxidation sites excluding steroid dienone is 1. The highest BCUT2D eigenvalue weighted by atomic mass is 35.5. The van der Waals surface area contributed by atoms with Gasteiger partial charge in [-0.25, -0.2) is 0 Å². The maximum absolute atomic E-state index is 5.73. The number of halogens is 1. The molecule has 0 unspecified atom stereocenters. The third-order valence-electron chi connectivity index (χ3n) is 1.79. The van der Waals surface area contributed by atoms with Crippen LogP contribution in [-0.4, -0.2) is 28.2 Å². The topological polar surface area (TPSA) is 57.1 Å². The number of hydrogen-bond acceptors (Lipinski definition) is 5. The Kier molecular flexibility index (Phi) is 6.32. The van der Waals surface area contributed by atoms with Crippen molar-refractivity contribution in [3.05, 3.63) is 17.9 Å². The Labute approximate surface area is 106 Å². The van der Waals surface area contributed by atoms with Crippen LogP contribution in [0.25, 0.3) is 0 Å². The summed E-state index contributed by atoms with van der Waals surface area (Å²) in [6.07, 6.45) is 4.45. The molecular weight excluding hydrogens is 242 g/mol. The fourth-order valence-corrected chi connectivity index (χ4v) is 1.17. The molecule has 6 heteroatoms. The van der Waals surface area contributed by atoms with Crippen LogP contribution in [0.5, 0.6) is 12.0 Å². The first kappa shape index (κ1) is 13.7. The minimum Gasteiger partial charge on any atom is -0.463 e. The summed E-state index contributed by atoms with van der Waals surface area (Å²) in [5.41, 5.74) is 0. The second-order valence-electron chi connectivity index (χ2n) is 3.30. The monoisotopic (exact) mass is 257 g/mol. The molecule has 0 spiro atoms. The second kappa shape index (κ2) is 7.84. The molecule has 1 aromatic rings. The fourth-order valence-electron chi connectivity index (χ4n) is 1.03. The average Bonchev–Trinajstić information content (AvgIpc) is 2.31. The van der Waals surface area contributed by atoms with Gasteiger partial charge in [0, 0.05) is 0 Å². The molecule has 0 saturated carbocycles. The lowest BCUT2D eigenvalue weighted by atomic mass is 10.3. The minimum atomic E-state index is 0.0739. The Morgan fingerprint density at radius 2 is 1.82 bits per heavy atom. The van der Waals surface area contributed by atoms with Gasteiger partial charge in [0.25, 0.3) is 0 Å². The van der Waals surface area contributed by atoms with Crippen molar-refractivity contribution >= 4 is 11.6 Å². The van der Waals surface area contributed by atoms with Crippen molar-refractivity contribution in [2.45, 2.75) is 26.2 Å². The van der Waals surface area contributed by atoms with E-state index in [1.807, 2.05) is 13.0 Å². The zero-order valence-corrected chi connectivity index (χ0v) is 10.6. The number of nitrogens with zero attached hydrogens (tertiary/aromatic N) is 3. The van der Waals surface area contributed by atoms with Gasteiger partial charge in [-0.05, 0) is 30.9 Å². The fraction of sp³-hybridized carbons (Fsp3) is 0.545. The number of hydrogen-bond donors (Lipinski definition) is 0. The SMILES string of the molecule is C=CCCCOc1nc(Cl)nc(OCCC)n1. The largest absolute Gasteiger partial charge is 0.463 e. The molecule has 0 aromatic carbocycles. The minimum absolute atomic E-state index is 0.0739. The summed E-state index contributed by atoms with van der Waals surface area (Å²) in [5.74, 6) is 0. The van der Waals surface area contributed by atoms with Gasteiger partial charge in [-0.1, -0.05) is 13.0 Å². The van der Waals surface area contributed by atoms with Gasteiger partial charge in [0.15, 0.2) is 0 Å². The van der Waals surface area contributed by atoms with Crippen LogP contribution in [0.4, 0.5) is 0 Å². The maximum atomic E-state index is 5.73. The Balaban J connectivity index is 2.52. The molecule has 0 fully saturated rings. The third kappa shape index (κ3) is 5.49. The van der Waals surface area contributed by atoms with E-state index in [0.29, 0.717) is 13.2 Å². The highest BCUT2D eigenvalue weighted by Gasteiger charge is 2.06. The summed E-state index contributed by atoms with van der Waals surface area (Å²) < 4.78 is 10.6. The van der Waals surface area contributed by atoms with Crippen LogP contribution in [0.15, 0.2) is 12.7 Å². The van der Waals surface area contributed by atoms with Gasteiger partial charge >= 0.3 is 12.0 Å². The Morgan fingerprint density at radius 3 is 2.41 bits per heavy atom. The second-order valence-corrected chi connectivity index (χ2v) is 3.64. The van der Waals surface area contributed by atoms with E-state index in [-0.39, 0.29) is 17.3 Å². The number of unbranched alkanes of at least 4 members (excludes halogenated alkanes) is 1. The molecule has 1 aromatic heterocycles. The summed E-state index contributed by atoms with van der Waals surface area (Å²) in [6, 6.07) is 0.394. The number of rotatable bonds is 8. The van der Waals surface area contributed by atoms with Gasteiger partial charge in [-0.15, -0.1) is 11.6 Å². The third-order valence-corrected chi connectivity index (χ3v) is 1.96. The van der Waals surface area contributed by atoms with Crippen LogP contribution < -0.4 is 9.47 Å². The molecular formula is C11H16ClN3O2. The van der Waals surface area contributed by atoms with Crippen molar-refractivity contribution in [1.29, 1.82) is 0 Å². The van der Waals surface area contributed by atoms with E-state index >= 15 is 0 Å². The van der Waals surface area contributed by atoms with Crippen LogP contribution in [0.1, 0.15) is 26.2 Å². The summed E-state index contributed by atoms with van der Waals surface area (Å²) in [4.78, 5) is 11.7. The number of aromatic nitrogens is 3. The van der Waals surface area contributed by atoms with Crippen molar-refractivity contribution in [3.63, 3.8) is 0 Å². The highest BCUT2D eigenvalue weighted by Crippen LogP contribution is 2.13. The molecule has 1 rings (SSSR count). The van der Waals surface area contributed by atoms with Crippen molar-refractivity contribution in [3.8, 4) is 12.0 Å². The van der Waals surface area contributed by atoms with Gasteiger partial charge < -0.3 is 9.47 Å². The van der Waals surface area contributed by atoms with Crippen molar-refractivity contribution < 1.29 is 9.47 Å². The molecule has 17 heavy (non-hydrogen) atoms. The van der Waals surface area contributed by atoms with E-state index < -0.39 is 0 Å². The van der Waals surface area contributed by atoms with Gasteiger partial charge in [0.2, 0.25) is 5.28 Å². The van der Waals surface area contributed by atoms with Gasteiger partial charge in [0.05, 0.1) is 13.2 Å². The summed E-state index contributed by atoms with van der Waals surface area (Å²) >= 11 is 5.73. The molecule has 0 bridgehead atoms. The van der Waals surface area contributed by atoms with Crippen LogP contribution in [0, 0.1) is 0 Å². The van der Waals surface area contributed by atoms with E-state index in [1.54, 1.807) is 0 Å². The van der Waals surface area contributed by atoms with E-state index in [0.717, 1.165) is 19.3 Å². The molecule has 1 heterocycles. The van der Waals surface area contributed by atoms with Crippen LogP contribution in [0.3, 0.4) is 0 Å². The molecule has 0 saturated heterocycles. The van der Waals surface area contributed by atoms with E-state index in [4.69, 9.17) is 21.1 Å². The van der Waals surface area contributed by atoms with Gasteiger partial charge in [-0.2, -0.15) is 9.97 Å². The van der Waals surface area contributed by atoms with Crippen molar-refractivity contribution in [2.24, 2.45) is 0 Å². The molecule has 0 aliphatic rings. The molecule has 0 N–H and O–H groups in total. The lowest BCUT2D eigenvalue weighted by Crippen LogP contribution is -2.05. The van der Waals surface area contributed by atoms with Crippen LogP contribution >= 0.6 is 11.6 Å². The average molecular weight is 258 g/mol. The lowest BCUT2D eigenvalue weighted by molar-refractivity contribution is 0.259. The first-order chi connectivity index (χ1) is 8.26. The molecule has 0 aliphatic carbocycles. The number of ether oxygens (including phenoxy) is 2. The zero-order chi connectivity index (χ0) is 12.5.